The number of rotatable bonds is 8. The molecule has 1 aliphatic rings. The molecule has 0 saturated heterocycles. The Balaban J connectivity index is 1.62. The lowest BCUT2D eigenvalue weighted by atomic mass is 10.0. The van der Waals surface area contributed by atoms with Crippen LogP contribution in [0.15, 0.2) is 54.7 Å². The molecule has 1 fully saturated rings. The first-order chi connectivity index (χ1) is 17.0. The summed E-state index contributed by atoms with van der Waals surface area (Å²) >= 11 is 0. The van der Waals surface area contributed by atoms with E-state index in [1.54, 1.807) is 12.3 Å². The number of amides is 1. The second-order valence-electron chi connectivity index (χ2n) is 8.54. The summed E-state index contributed by atoms with van der Waals surface area (Å²) < 4.78 is 79.8. The van der Waals surface area contributed by atoms with Gasteiger partial charge >= 0.3 is 12.4 Å². The maximum atomic E-state index is 13.3. The molecule has 2 N–H and O–H groups in total. The Morgan fingerprint density at radius 1 is 0.944 bits per heavy atom. The van der Waals surface area contributed by atoms with E-state index in [0.717, 1.165) is 18.5 Å². The number of carbonyl (C=O) groups excluding carboxylic acids is 1. The number of anilines is 1. The van der Waals surface area contributed by atoms with Crippen molar-refractivity contribution in [1.29, 1.82) is 0 Å². The average Bonchev–Trinajstić information content (AvgIpc) is 3.66. The Morgan fingerprint density at radius 3 is 2.22 bits per heavy atom. The average molecular weight is 508 g/mol. The molecule has 1 saturated carbocycles. The zero-order valence-electron chi connectivity index (χ0n) is 18.9. The van der Waals surface area contributed by atoms with Crippen molar-refractivity contribution in [2.75, 3.05) is 18.4 Å². The minimum Gasteiger partial charge on any atom is -0.369 e. The number of pyridine rings is 2. The van der Waals surface area contributed by atoms with Crippen LogP contribution < -0.4 is 10.6 Å². The predicted octanol–water partition coefficient (Wildman–Crippen LogP) is 5.98. The van der Waals surface area contributed by atoms with Crippen molar-refractivity contribution in [2.24, 2.45) is 5.92 Å². The van der Waals surface area contributed by atoms with Crippen LogP contribution in [0.4, 0.5) is 32.2 Å². The molecule has 0 bridgehead atoms. The second kappa shape index (κ2) is 10.2. The number of alkyl halides is 6. The fourth-order valence-corrected chi connectivity index (χ4v) is 3.55. The van der Waals surface area contributed by atoms with Gasteiger partial charge in [-0.3, -0.25) is 9.78 Å². The van der Waals surface area contributed by atoms with E-state index in [1.807, 2.05) is 12.1 Å². The fraction of sp³-hybridized carbons (Fsp3) is 0.320. The quantitative estimate of drug-likeness (QED) is 0.368. The standard InChI is InChI=1S/C25H22F6N4O/c26-24(27,28)17-11-16(12-18(13-17)25(29,30)31)21-7-6-20(22(35-21)34-14-15-4-5-15)23(36)33-10-8-19-3-1-2-9-32-19/h1-3,6-7,9,11-13,15H,4-5,8,10,14H2,(H,33,36)(H,34,35). The number of hydrogen-bond acceptors (Lipinski definition) is 4. The molecule has 4 rings (SSSR count). The Bertz CT molecular complexity index is 1190. The van der Waals surface area contributed by atoms with Gasteiger partial charge in [-0.05, 0) is 61.2 Å². The van der Waals surface area contributed by atoms with E-state index in [9.17, 15) is 31.1 Å². The van der Waals surface area contributed by atoms with E-state index in [2.05, 4.69) is 20.6 Å². The molecule has 11 heteroatoms. The highest BCUT2D eigenvalue weighted by Crippen LogP contribution is 2.38. The Labute approximate surface area is 203 Å². The van der Waals surface area contributed by atoms with Crippen LogP contribution in [0.3, 0.4) is 0 Å². The molecule has 0 spiro atoms. The third-order valence-electron chi connectivity index (χ3n) is 5.67. The SMILES string of the molecule is O=C(NCCc1ccccn1)c1ccc(-c2cc(C(F)(F)F)cc(C(F)(F)F)c2)nc1NCC1CC1. The van der Waals surface area contributed by atoms with Crippen molar-refractivity contribution in [2.45, 2.75) is 31.6 Å². The van der Waals surface area contributed by atoms with Gasteiger partial charge in [-0.25, -0.2) is 4.98 Å². The molecule has 3 aromatic rings. The van der Waals surface area contributed by atoms with E-state index in [4.69, 9.17) is 0 Å². The van der Waals surface area contributed by atoms with Gasteiger partial charge in [0.15, 0.2) is 0 Å². The second-order valence-corrected chi connectivity index (χ2v) is 8.54. The Kier molecular flexibility index (Phi) is 7.18. The zero-order valence-corrected chi connectivity index (χ0v) is 18.9. The van der Waals surface area contributed by atoms with E-state index >= 15 is 0 Å². The molecule has 190 valence electrons. The van der Waals surface area contributed by atoms with Crippen molar-refractivity contribution in [3.63, 3.8) is 0 Å². The van der Waals surface area contributed by atoms with E-state index in [1.165, 1.54) is 12.1 Å². The molecule has 0 atom stereocenters. The van der Waals surface area contributed by atoms with Crippen LogP contribution in [-0.4, -0.2) is 29.0 Å². The van der Waals surface area contributed by atoms with E-state index in [0.29, 0.717) is 31.0 Å². The van der Waals surface area contributed by atoms with Crippen molar-refractivity contribution >= 4 is 11.7 Å². The monoisotopic (exact) mass is 508 g/mol. The van der Waals surface area contributed by atoms with Crippen molar-refractivity contribution in [3.8, 4) is 11.3 Å². The summed E-state index contributed by atoms with van der Waals surface area (Å²) in [4.78, 5) is 21.3. The minimum atomic E-state index is -4.98. The van der Waals surface area contributed by atoms with Crippen LogP contribution in [0.1, 0.15) is 40.0 Å². The number of carbonyl (C=O) groups is 1. The van der Waals surface area contributed by atoms with Gasteiger partial charge in [0.25, 0.3) is 5.91 Å². The van der Waals surface area contributed by atoms with Crippen LogP contribution in [0, 0.1) is 5.92 Å². The Morgan fingerprint density at radius 2 is 1.64 bits per heavy atom. The minimum absolute atomic E-state index is 0.0686. The van der Waals surface area contributed by atoms with E-state index in [-0.39, 0.29) is 35.2 Å². The van der Waals surface area contributed by atoms with Gasteiger partial charge in [-0.2, -0.15) is 26.3 Å². The molecular formula is C25H22F6N4O. The molecule has 0 unspecified atom stereocenters. The molecule has 36 heavy (non-hydrogen) atoms. The van der Waals surface area contributed by atoms with Crippen LogP contribution >= 0.6 is 0 Å². The lowest BCUT2D eigenvalue weighted by molar-refractivity contribution is -0.143. The fourth-order valence-electron chi connectivity index (χ4n) is 3.55. The third-order valence-corrected chi connectivity index (χ3v) is 5.67. The van der Waals surface area contributed by atoms with Gasteiger partial charge in [-0.1, -0.05) is 6.07 Å². The first-order valence-electron chi connectivity index (χ1n) is 11.2. The summed E-state index contributed by atoms with van der Waals surface area (Å²) in [7, 11) is 0. The first kappa shape index (κ1) is 25.5. The highest BCUT2D eigenvalue weighted by Gasteiger charge is 2.37. The summed E-state index contributed by atoms with van der Waals surface area (Å²) in [6.45, 7) is 0.767. The van der Waals surface area contributed by atoms with Crippen LogP contribution in [-0.2, 0) is 18.8 Å². The van der Waals surface area contributed by atoms with E-state index < -0.39 is 29.4 Å². The van der Waals surface area contributed by atoms with Crippen molar-refractivity contribution < 1.29 is 31.1 Å². The molecule has 1 aliphatic carbocycles. The maximum Gasteiger partial charge on any atom is 0.416 e. The molecule has 0 radical (unpaired) electrons. The topological polar surface area (TPSA) is 66.9 Å². The number of benzene rings is 1. The number of nitrogens with one attached hydrogen (secondary N) is 2. The normalized spacial score (nSPS) is 13.9. The molecule has 1 amide bonds. The molecule has 2 aromatic heterocycles. The predicted molar refractivity (Wildman–Crippen MR) is 121 cm³/mol. The molecule has 1 aromatic carbocycles. The van der Waals surface area contributed by atoms with Gasteiger partial charge in [0.05, 0.1) is 22.4 Å². The van der Waals surface area contributed by atoms with Crippen molar-refractivity contribution in [3.05, 3.63) is 77.1 Å². The van der Waals surface area contributed by atoms with Gasteiger partial charge in [0.1, 0.15) is 5.82 Å². The highest BCUT2D eigenvalue weighted by atomic mass is 19.4. The molecule has 2 heterocycles. The summed E-state index contributed by atoms with van der Waals surface area (Å²) in [5, 5.41) is 5.79. The summed E-state index contributed by atoms with van der Waals surface area (Å²) in [6, 6.07) is 9.31. The molecule has 0 aliphatic heterocycles. The van der Waals surface area contributed by atoms with Gasteiger partial charge in [0, 0.05) is 37.0 Å². The number of halogens is 6. The van der Waals surface area contributed by atoms with Gasteiger partial charge in [-0.15, -0.1) is 0 Å². The Hall–Kier alpha value is -3.63. The van der Waals surface area contributed by atoms with Crippen LogP contribution in [0.5, 0.6) is 0 Å². The summed E-state index contributed by atoms with van der Waals surface area (Å²) in [5.41, 5.74) is -2.41. The van der Waals surface area contributed by atoms with Crippen molar-refractivity contribution in [1.82, 2.24) is 15.3 Å². The summed E-state index contributed by atoms with van der Waals surface area (Å²) in [5.74, 6) is 0.00455. The smallest absolute Gasteiger partial charge is 0.369 e. The van der Waals surface area contributed by atoms with Gasteiger partial charge < -0.3 is 10.6 Å². The number of nitrogens with zero attached hydrogens (tertiary/aromatic N) is 2. The largest absolute Gasteiger partial charge is 0.416 e. The number of aromatic nitrogens is 2. The number of hydrogen-bond donors (Lipinski definition) is 2. The lowest BCUT2D eigenvalue weighted by Crippen LogP contribution is -2.27. The summed E-state index contributed by atoms with van der Waals surface area (Å²) in [6.07, 6.45) is -5.86. The molecule has 5 nitrogen and oxygen atoms in total. The third kappa shape index (κ3) is 6.52. The van der Waals surface area contributed by atoms with Crippen LogP contribution in [0.25, 0.3) is 11.3 Å². The highest BCUT2D eigenvalue weighted by molar-refractivity contribution is 5.99. The zero-order chi connectivity index (χ0) is 25.9. The van der Waals surface area contributed by atoms with Gasteiger partial charge in [0.2, 0.25) is 0 Å². The first-order valence-corrected chi connectivity index (χ1v) is 11.2. The maximum absolute atomic E-state index is 13.3. The molecular weight excluding hydrogens is 486 g/mol. The van der Waals surface area contributed by atoms with Crippen LogP contribution in [0.2, 0.25) is 0 Å². The lowest BCUT2D eigenvalue weighted by Gasteiger charge is -2.16.